The zero-order chi connectivity index (χ0) is 20.4. The van der Waals surface area contributed by atoms with Gasteiger partial charge in [0.25, 0.3) is 0 Å². The van der Waals surface area contributed by atoms with Gasteiger partial charge in [0.2, 0.25) is 15.9 Å². The van der Waals surface area contributed by atoms with Crippen molar-refractivity contribution >= 4 is 27.2 Å². The van der Waals surface area contributed by atoms with Crippen molar-refractivity contribution in [2.45, 2.75) is 30.0 Å². The minimum atomic E-state index is -4.72. The number of sulfonamides is 1. The first kappa shape index (κ1) is 20.1. The lowest BCUT2D eigenvalue weighted by Gasteiger charge is -2.12. The highest BCUT2D eigenvalue weighted by molar-refractivity contribution is 7.89. The second kappa shape index (κ2) is 7.76. The Balaban J connectivity index is 1.82. The van der Waals surface area contributed by atoms with Crippen molar-refractivity contribution in [3.05, 3.63) is 66.2 Å². The monoisotopic (exact) mass is 410 g/mol. The average Bonchev–Trinajstić information content (AvgIpc) is 3.43. The lowest BCUT2D eigenvalue weighted by molar-refractivity contribution is -0.112. The summed E-state index contributed by atoms with van der Waals surface area (Å²) < 4.78 is 66.9. The smallest absolute Gasteiger partial charge is 0.322 e. The largest absolute Gasteiger partial charge is 0.417 e. The second-order valence-electron chi connectivity index (χ2n) is 6.33. The first-order valence-electron chi connectivity index (χ1n) is 8.43. The summed E-state index contributed by atoms with van der Waals surface area (Å²) in [5.41, 5.74) is -1.16. The molecule has 2 aromatic carbocycles. The van der Waals surface area contributed by atoms with E-state index in [4.69, 9.17) is 0 Å². The third-order valence-corrected chi connectivity index (χ3v) is 5.49. The number of carbonyl (C=O) groups excluding carboxylic acids is 1. The maximum absolute atomic E-state index is 13.3. The van der Waals surface area contributed by atoms with Crippen molar-refractivity contribution in [1.29, 1.82) is 0 Å². The van der Waals surface area contributed by atoms with E-state index in [0.29, 0.717) is 6.08 Å². The minimum Gasteiger partial charge on any atom is -0.322 e. The van der Waals surface area contributed by atoms with Crippen LogP contribution in [0.15, 0.2) is 65.6 Å². The third kappa shape index (κ3) is 5.20. The number of halogens is 3. The number of carbonyl (C=O) groups is 1. The summed E-state index contributed by atoms with van der Waals surface area (Å²) in [5.74, 6) is -1.01. The zero-order valence-electron chi connectivity index (χ0n) is 14.5. The number of rotatable bonds is 6. The van der Waals surface area contributed by atoms with Gasteiger partial charge in [-0.1, -0.05) is 36.4 Å². The summed E-state index contributed by atoms with van der Waals surface area (Å²) in [7, 11) is -3.74. The van der Waals surface area contributed by atoms with Crippen LogP contribution in [0.25, 0.3) is 5.57 Å². The highest BCUT2D eigenvalue weighted by Gasteiger charge is 2.35. The fourth-order valence-corrected chi connectivity index (χ4v) is 3.84. The lowest BCUT2D eigenvalue weighted by atomic mass is 10.1. The van der Waals surface area contributed by atoms with E-state index >= 15 is 0 Å². The molecule has 1 saturated carbocycles. The molecule has 1 fully saturated rings. The molecule has 0 spiro atoms. The van der Waals surface area contributed by atoms with Crippen molar-refractivity contribution in [3.63, 3.8) is 0 Å². The van der Waals surface area contributed by atoms with Gasteiger partial charge in [0.15, 0.2) is 0 Å². The topological polar surface area (TPSA) is 75.3 Å². The summed E-state index contributed by atoms with van der Waals surface area (Å²) in [5, 5.41) is 2.29. The quantitative estimate of drug-likeness (QED) is 0.713. The van der Waals surface area contributed by atoms with Gasteiger partial charge in [0.05, 0.1) is 10.5 Å². The minimum absolute atomic E-state index is 0.0692. The molecule has 0 heterocycles. The van der Waals surface area contributed by atoms with Gasteiger partial charge in [-0.05, 0) is 36.6 Å². The van der Waals surface area contributed by atoms with Crippen LogP contribution in [0.2, 0.25) is 0 Å². The highest BCUT2D eigenvalue weighted by Crippen LogP contribution is 2.33. The van der Waals surface area contributed by atoms with Crippen LogP contribution in [0.4, 0.5) is 18.9 Å². The number of benzene rings is 2. The van der Waals surface area contributed by atoms with Crippen molar-refractivity contribution in [1.82, 2.24) is 4.72 Å². The first-order valence-corrected chi connectivity index (χ1v) is 9.91. The number of hydrogen-bond acceptors (Lipinski definition) is 3. The van der Waals surface area contributed by atoms with E-state index in [1.807, 2.05) is 0 Å². The van der Waals surface area contributed by atoms with Crippen LogP contribution >= 0.6 is 0 Å². The van der Waals surface area contributed by atoms with Crippen LogP contribution in [0.3, 0.4) is 0 Å². The molecule has 0 radical (unpaired) electrons. The number of allylic oxidation sites excluding steroid dienone is 1. The van der Waals surface area contributed by atoms with E-state index in [1.54, 1.807) is 6.07 Å². The molecule has 5 nitrogen and oxygen atoms in total. The van der Waals surface area contributed by atoms with E-state index in [0.717, 1.165) is 12.8 Å². The van der Waals surface area contributed by atoms with Crippen LogP contribution in [-0.4, -0.2) is 26.5 Å². The predicted molar refractivity (Wildman–Crippen MR) is 98.9 cm³/mol. The van der Waals surface area contributed by atoms with Crippen molar-refractivity contribution in [3.8, 4) is 0 Å². The predicted octanol–water partition coefficient (Wildman–Crippen LogP) is 3.71. The van der Waals surface area contributed by atoms with Crippen LogP contribution in [-0.2, 0) is 14.8 Å². The molecule has 28 heavy (non-hydrogen) atoms. The number of hydrogen-bond donors (Lipinski definition) is 2. The summed E-state index contributed by atoms with van der Waals surface area (Å²) >= 11 is 0. The Kier molecular flexibility index (Phi) is 5.57. The third-order valence-electron chi connectivity index (χ3n) is 3.98. The maximum atomic E-state index is 13.3. The second-order valence-corrected chi connectivity index (χ2v) is 8.05. The SMILES string of the molecule is O=C(/C=C(\c1ccccc1)C(F)(F)F)Nc1cccc(S(=O)(=O)NC2CC2)c1. The molecule has 2 aromatic rings. The van der Waals surface area contributed by atoms with Crippen molar-refractivity contribution in [2.24, 2.45) is 0 Å². The summed E-state index contributed by atoms with van der Waals surface area (Å²) in [6, 6.07) is 12.2. The molecule has 148 valence electrons. The van der Waals surface area contributed by atoms with E-state index in [-0.39, 0.29) is 22.2 Å². The molecule has 0 aromatic heterocycles. The highest BCUT2D eigenvalue weighted by atomic mass is 32.2. The summed E-state index contributed by atoms with van der Waals surface area (Å²) in [4.78, 5) is 12.1. The van der Waals surface area contributed by atoms with Crippen LogP contribution in [0.5, 0.6) is 0 Å². The van der Waals surface area contributed by atoms with E-state index < -0.39 is 27.7 Å². The number of anilines is 1. The Hall–Kier alpha value is -2.65. The maximum Gasteiger partial charge on any atom is 0.417 e. The van der Waals surface area contributed by atoms with E-state index in [9.17, 15) is 26.4 Å². The van der Waals surface area contributed by atoms with E-state index in [1.165, 1.54) is 48.5 Å². The molecule has 0 unspecified atom stereocenters. The molecule has 0 bridgehead atoms. The normalized spacial score (nSPS) is 15.3. The number of nitrogens with one attached hydrogen (secondary N) is 2. The Morgan fingerprint density at radius 2 is 1.71 bits per heavy atom. The van der Waals surface area contributed by atoms with Crippen molar-refractivity contribution in [2.75, 3.05) is 5.32 Å². The lowest BCUT2D eigenvalue weighted by Crippen LogP contribution is -2.25. The van der Waals surface area contributed by atoms with Crippen molar-refractivity contribution < 1.29 is 26.4 Å². The molecular weight excluding hydrogens is 393 g/mol. The average molecular weight is 410 g/mol. The van der Waals surface area contributed by atoms with Crippen LogP contribution in [0.1, 0.15) is 18.4 Å². The first-order chi connectivity index (χ1) is 13.1. The van der Waals surface area contributed by atoms with Gasteiger partial charge >= 0.3 is 6.18 Å². The van der Waals surface area contributed by atoms with Crippen LogP contribution in [0, 0.1) is 0 Å². The van der Waals surface area contributed by atoms with Crippen LogP contribution < -0.4 is 10.0 Å². The molecule has 0 aliphatic heterocycles. The van der Waals surface area contributed by atoms with Gasteiger partial charge in [0, 0.05) is 17.8 Å². The zero-order valence-corrected chi connectivity index (χ0v) is 15.3. The van der Waals surface area contributed by atoms with Gasteiger partial charge in [-0.15, -0.1) is 0 Å². The van der Waals surface area contributed by atoms with Gasteiger partial charge in [-0.3, -0.25) is 4.79 Å². The van der Waals surface area contributed by atoms with Gasteiger partial charge in [-0.25, -0.2) is 13.1 Å². The molecule has 3 rings (SSSR count). The molecule has 1 aliphatic carbocycles. The number of alkyl halides is 3. The molecule has 0 atom stereocenters. The van der Waals surface area contributed by atoms with Gasteiger partial charge in [-0.2, -0.15) is 13.2 Å². The molecule has 1 aliphatic rings. The number of amides is 1. The Morgan fingerprint density at radius 3 is 2.32 bits per heavy atom. The molecular formula is C19H17F3N2O3S. The fourth-order valence-electron chi connectivity index (χ4n) is 2.49. The van der Waals surface area contributed by atoms with E-state index in [2.05, 4.69) is 10.0 Å². The summed E-state index contributed by atoms with van der Waals surface area (Å²) in [6.45, 7) is 0. The fraction of sp³-hybridized carbons (Fsp3) is 0.211. The standard InChI is InChI=1S/C19H17F3N2O3S/c20-19(21,22)17(13-5-2-1-3-6-13)12-18(25)23-15-7-4-8-16(11-15)28(26,27)24-14-9-10-14/h1-8,11-12,14,24H,9-10H2,(H,23,25)/b17-12+. The Labute approximate surface area is 160 Å². The van der Waals surface area contributed by atoms with Gasteiger partial charge < -0.3 is 5.32 Å². The molecule has 1 amide bonds. The Bertz CT molecular complexity index is 999. The molecule has 9 heteroatoms. The van der Waals surface area contributed by atoms with Gasteiger partial charge in [0.1, 0.15) is 0 Å². The molecule has 2 N–H and O–H groups in total. The Morgan fingerprint density at radius 1 is 1.04 bits per heavy atom. The molecule has 0 saturated heterocycles. The summed E-state index contributed by atoms with van der Waals surface area (Å²) in [6.07, 6.45) is -2.74.